The number of rotatable bonds is 5. The van der Waals surface area contributed by atoms with Crippen LogP contribution in [-0.2, 0) is 9.57 Å². The van der Waals surface area contributed by atoms with Crippen molar-refractivity contribution in [3.63, 3.8) is 0 Å². The second kappa shape index (κ2) is 7.46. The van der Waals surface area contributed by atoms with Crippen molar-refractivity contribution in [2.45, 2.75) is 6.92 Å². The molecular weight excluding hydrogens is 118 g/mol. The van der Waals surface area contributed by atoms with Crippen LogP contribution in [0.4, 0.5) is 0 Å². The van der Waals surface area contributed by atoms with Gasteiger partial charge < -0.3 is 4.74 Å². The molecule has 3 heteroatoms. The summed E-state index contributed by atoms with van der Waals surface area (Å²) < 4.78 is 4.94. The van der Waals surface area contributed by atoms with Crippen LogP contribution < -0.4 is 5.48 Å². The van der Waals surface area contributed by atoms with Gasteiger partial charge in [0.25, 0.3) is 0 Å². The van der Waals surface area contributed by atoms with E-state index < -0.39 is 0 Å². The van der Waals surface area contributed by atoms with Gasteiger partial charge in [0.05, 0.1) is 6.26 Å². The Hall–Kier alpha value is -0.540. The molecule has 3 nitrogen and oxygen atoms in total. The molecule has 0 atom stereocenters. The topological polar surface area (TPSA) is 30.5 Å². The van der Waals surface area contributed by atoms with Crippen molar-refractivity contribution in [1.82, 2.24) is 5.48 Å². The van der Waals surface area contributed by atoms with Crippen LogP contribution in [0, 0.1) is 0 Å². The highest BCUT2D eigenvalue weighted by Gasteiger charge is 1.80. The van der Waals surface area contributed by atoms with Crippen LogP contribution in [-0.4, -0.2) is 20.3 Å². The molecule has 0 aliphatic carbocycles. The van der Waals surface area contributed by atoms with E-state index in [0.717, 1.165) is 0 Å². The van der Waals surface area contributed by atoms with Crippen molar-refractivity contribution in [2.24, 2.45) is 0 Å². The molecule has 0 amide bonds. The summed E-state index contributed by atoms with van der Waals surface area (Å²) in [5.41, 5.74) is 2.54. The number of hydrogen-bond acceptors (Lipinski definition) is 3. The normalized spacial score (nSPS) is 10.4. The predicted octanol–water partition coefficient (Wildman–Crippen LogP) is 0.688. The van der Waals surface area contributed by atoms with Gasteiger partial charge in [-0.05, 0) is 6.92 Å². The zero-order valence-electron chi connectivity index (χ0n) is 5.89. The highest BCUT2D eigenvalue weighted by atomic mass is 16.7. The molecule has 0 fully saturated rings. The summed E-state index contributed by atoms with van der Waals surface area (Å²) in [6.07, 6.45) is 3.47. The molecule has 0 saturated carbocycles. The third-order valence-corrected chi connectivity index (χ3v) is 0.680. The Morgan fingerprint density at radius 2 is 2.22 bits per heavy atom. The Labute approximate surface area is 55.6 Å². The van der Waals surface area contributed by atoms with E-state index in [1.54, 1.807) is 13.3 Å². The molecule has 9 heavy (non-hydrogen) atoms. The van der Waals surface area contributed by atoms with E-state index in [9.17, 15) is 0 Å². The minimum Gasteiger partial charge on any atom is -0.499 e. The van der Waals surface area contributed by atoms with Crippen molar-refractivity contribution in [3.8, 4) is 0 Å². The molecule has 0 unspecified atom stereocenters. The van der Waals surface area contributed by atoms with Gasteiger partial charge in [0.15, 0.2) is 0 Å². The smallest absolute Gasteiger partial charge is 0.113 e. The van der Waals surface area contributed by atoms with Gasteiger partial charge in [-0.25, -0.2) is 5.48 Å². The first kappa shape index (κ1) is 8.46. The van der Waals surface area contributed by atoms with E-state index in [2.05, 4.69) is 5.48 Å². The molecule has 0 aliphatic heterocycles. The fourth-order valence-corrected chi connectivity index (χ4v) is 0.356. The van der Waals surface area contributed by atoms with E-state index in [4.69, 9.17) is 9.57 Å². The number of allylic oxidation sites excluding steroid dienone is 1. The minimum atomic E-state index is 0.570. The Morgan fingerprint density at radius 3 is 2.78 bits per heavy atom. The zero-order valence-corrected chi connectivity index (χ0v) is 5.89. The summed E-state index contributed by atoms with van der Waals surface area (Å²) in [4.78, 5) is 4.77. The third-order valence-electron chi connectivity index (χ3n) is 0.680. The second-order valence-corrected chi connectivity index (χ2v) is 1.39. The van der Waals surface area contributed by atoms with Crippen molar-refractivity contribution < 1.29 is 9.57 Å². The van der Waals surface area contributed by atoms with Crippen LogP contribution in [0.1, 0.15) is 6.92 Å². The minimum absolute atomic E-state index is 0.570. The van der Waals surface area contributed by atoms with Crippen LogP contribution in [0.25, 0.3) is 0 Å². The summed E-state index contributed by atoms with van der Waals surface area (Å²) in [7, 11) is 1.72. The van der Waals surface area contributed by atoms with Crippen LogP contribution in [0.3, 0.4) is 0 Å². The van der Waals surface area contributed by atoms with Gasteiger partial charge >= 0.3 is 0 Å². The van der Waals surface area contributed by atoms with E-state index in [1.165, 1.54) is 0 Å². The lowest BCUT2D eigenvalue weighted by atomic mass is 10.7. The van der Waals surface area contributed by atoms with Gasteiger partial charge in [-0.15, -0.1) is 0 Å². The Kier molecular flexibility index (Phi) is 7.01. The van der Waals surface area contributed by atoms with Gasteiger partial charge in [-0.2, -0.15) is 0 Å². The molecule has 0 aromatic carbocycles. The van der Waals surface area contributed by atoms with Gasteiger partial charge in [0.2, 0.25) is 0 Å². The van der Waals surface area contributed by atoms with Crippen LogP contribution >= 0.6 is 0 Å². The molecule has 0 saturated heterocycles. The lowest BCUT2D eigenvalue weighted by Gasteiger charge is -1.99. The first-order valence-corrected chi connectivity index (χ1v) is 2.93. The SMILES string of the molecule is C/C=C/OCCONC. The number of nitrogens with one attached hydrogen (secondary N) is 1. The number of ether oxygens (including phenoxy) is 1. The summed E-state index contributed by atoms with van der Waals surface area (Å²) in [5.74, 6) is 0. The largest absolute Gasteiger partial charge is 0.499 e. The van der Waals surface area contributed by atoms with Gasteiger partial charge in [-0.3, -0.25) is 4.84 Å². The first-order valence-electron chi connectivity index (χ1n) is 2.93. The number of hydroxylamine groups is 1. The van der Waals surface area contributed by atoms with Crippen LogP contribution in [0.5, 0.6) is 0 Å². The summed E-state index contributed by atoms with van der Waals surface area (Å²) >= 11 is 0. The zero-order chi connectivity index (χ0) is 6.95. The lowest BCUT2D eigenvalue weighted by Crippen LogP contribution is -2.11. The van der Waals surface area contributed by atoms with E-state index in [1.807, 2.05) is 13.0 Å². The van der Waals surface area contributed by atoms with E-state index >= 15 is 0 Å². The standard InChI is InChI=1S/C6H13NO2/c1-3-4-8-5-6-9-7-2/h3-4,7H,5-6H2,1-2H3/b4-3+. The highest BCUT2D eigenvalue weighted by Crippen LogP contribution is 1.76. The fraction of sp³-hybridized carbons (Fsp3) is 0.667. The molecule has 1 N–H and O–H groups in total. The van der Waals surface area contributed by atoms with E-state index in [-0.39, 0.29) is 0 Å². The van der Waals surface area contributed by atoms with Crippen molar-refractivity contribution >= 4 is 0 Å². The summed E-state index contributed by atoms with van der Waals surface area (Å²) in [6, 6.07) is 0. The molecule has 0 aromatic heterocycles. The second-order valence-electron chi connectivity index (χ2n) is 1.39. The third kappa shape index (κ3) is 7.46. The van der Waals surface area contributed by atoms with Gasteiger partial charge in [0.1, 0.15) is 13.2 Å². The van der Waals surface area contributed by atoms with Gasteiger partial charge in [0, 0.05) is 7.05 Å². The number of hydrogen-bond donors (Lipinski definition) is 1. The summed E-state index contributed by atoms with van der Waals surface area (Å²) in [6.45, 7) is 3.06. The van der Waals surface area contributed by atoms with E-state index in [0.29, 0.717) is 13.2 Å². The highest BCUT2D eigenvalue weighted by molar-refractivity contribution is 4.64. The molecule has 54 valence electrons. The van der Waals surface area contributed by atoms with Crippen molar-refractivity contribution in [3.05, 3.63) is 12.3 Å². The Balaban J connectivity index is 2.75. The maximum atomic E-state index is 4.94. The maximum Gasteiger partial charge on any atom is 0.113 e. The molecule has 0 aliphatic rings. The molecule has 0 heterocycles. The predicted molar refractivity (Wildman–Crippen MR) is 35.8 cm³/mol. The quantitative estimate of drug-likeness (QED) is 0.338. The fourth-order valence-electron chi connectivity index (χ4n) is 0.356. The van der Waals surface area contributed by atoms with Crippen LogP contribution in [0.15, 0.2) is 12.3 Å². The molecule has 0 spiro atoms. The Morgan fingerprint density at radius 1 is 1.44 bits per heavy atom. The maximum absolute atomic E-state index is 4.94. The molecule has 0 bridgehead atoms. The van der Waals surface area contributed by atoms with Crippen molar-refractivity contribution in [2.75, 3.05) is 20.3 Å². The lowest BCUT2D eigenvalue weighted by molar-refractivity contribution is 0.0274. The molecular formula is C6H13NO2. The van der Waals surface area contributed by atoms with Crippen molar-refractivity contribution in [1.29, 1.82) is 0 Å². The average Bonchev–Trinajstić information content (AvgIpc) is 1.89. The first-order chi connectivity index (χ1) is 4.41. The molecule has 0 aromatic rings. The Bertz CT molecular complexity index is 73.5. The summed E-state index contributed by atoms with van der Waals surface area (Å²) in [5, 5.41) is 0. The van der Waals surface area contributed by atoms with Crippen LogP contribution in [0.2, 0.25) is 0 Å². The monoisotopic (exact) mass is 131 g/mol. The molecule has 0 rings (SSSR count). The molecule has 0 radical (unpaired) electrons. The van der Waals surface area contributed by atoms with Gasteiger partial charge in [-0.1, -0.05) is 6.08 Å². The average molecular weight is 131 g/mol.